The molecule has 1 saturated heterocycles. The smallest absolute Gasteiger partial charge is 0.0518 e. The molecule has 1 aliphatic carbocycles. The van der Waals surface area contributed by atoms with Crippen molar-refractivity contribution in [1.82, 2.24) is 4.90 Å². The first-order chi connectivity index (χ1) is 10.6. The second-order valence-corrected chi connectivity index (χ2v) is 6.44. The quantitative estimate of drug-likeness (QED) is 0.593. The number of rotatable bonds is 8. The molecule has 0 amide bonds. The third-order valence-corrected chi connectivity index (χ3v) is 3.55. The normalized spacial score (nSPS) is 17.7. The summed E-state index contributed by atoms with van der Waals surface area (Å²) in [4.78, 5) is 2.54. The summed E-state index contributed by atoms with van der Waals surface area (Å²) in [5.74, 6) is 0. The number of nitrogens with two attached hydrogens (primary N) is 3. The monoisotopic (exact) mass is 316 g/mol. The van der Waals surface area contributed by atoms with E-state index >= 15 is 0 Å². The van der Waals surface area contributed by atoms with Gasteiger partial charge in [0.25, 0.3) is 0 Å². The third kappa shape index (κ3) is 17.9. The summed E-state index contributed by atoms with van der Waals surface area (Å²) < 4.78 is 5.20. The molecule has 0 unspecified atom stereocenters. The van der Waals surface area contributed by atoms with Gasteiger partial charge in [0.05, 0.1) is 6.10 Å². The zero-order valence-corrected chi connectivity index (χ0v) is 14.9. The summed E-state index contributed by atoms with van der Waals surface area (Å²) >= 11 is 0. The van der Waals surface area contributed by atoms with Crippen LogP contribution in [-0.4, -0.2) is 56.4 Å². The average molecular weight is 317 g/mol. The molecule has 1 aliphatic heterocycles. The van der Waals surface area contributed by atoms with Gasteiger partial charge in [0, 0.05) is 12.6 Å². The summed E-state index contributed by atoms with van der Waals surface area (Å²) in [6.45, 7) is 10.4. The Morgan fingerprint density at radius 2 is 1.55 bits per heavy atom. The first-order valence-electron chi connectivity index (χ1n) is 9.09. The van der Waals surface area contributed by atoms with Crippen molar-refractivity contribution in [3.63, 3.8) is 0 Å². The zero-order valence-electron chi connectivity index (χ0n) is 14.9. The van der Waals surface area contributed by atoms with Crippen molar-refractivity contribution >= 4 is 0 Å². The van der Waals surface area contributed by atoms with Crippen molar-refractivity contribution in [2.24, 2.45) is 17.2 Å². The molecule has 1 heterocycles. The topological polar surface area (TPSA) is 90.5 Å². The number of likely N-dealkylation sites (tertiary alicyclic amines) is 1. The molecule has 6 N–H and O–H groups in total. The van der Waals surface area contributed by atoms with Crippen LogP contribution in [0.25, 0.3) is 0 Å². The SMILES string of the molecule is CC(C)OCCCN.NC1CC1.NCCCCN1CCCC1. The number of hydrogen-bond acceptors (Lipinski definition) is 5. The first-order valence-corrected chi connectivity index (χ1v) is 9.09. The molecule has 0 aromatic heterocycles. The highest BCUT2D eigenvalue weighted by atomic mass is 16.5. The molecule has 0 atom stereocenters. The maximum Gasteiger partial charge on any atom is 0.0518 e. The predicted molar refractivity (Wildman–Crippen MR) is 95.9 cm³/mol. The predicted octanol–water partition coefficient (Wildman–Crippen LogP) is 1.69. The van der Waals surface area contributed by atoms with Crippen molar-refractivity contribution in [3.05, 3.63) is 0 Å². The molecular formula is C17H40N4O. The largest absolute Gasteiger partial charge is 0.379 e. The van der Waals surface area contributed by atoms with E-state index in [0.29, 0.717) is 12.1 Å². The van der Waals surface area contributed by atoms with Crippen molar-refractivity contribution in [2.75, 3.05) is 39.3 Å². The molecule has 2 rings (SSSR count). The van der Waals surface area contributed by atoms with E-state index in [1.54, 1.807) is 0 Å². The fourth-order valence-corrected chi connectivity index (χ4v) is 1.98. The van der Waals surface area contributed by atoms with Crippen LogP contribution in [0.4, 0.5) is 0 Å². The van der Waals surface area contributed by atoms with Crippen LogP contribution in [0.1, 0.15) is 58.8 Å². The van der Waals surface area contributed by atoms with Crippen molar-refractivity contribution < 1.29 is 4.74 Å². The van der Waals surface area contributed by atoms with Gasteiger partial charge in [-0.05, 0) is 91.5 Å². The second-order valence-electron chi connectivity index (χ2n) is 6.44. The van der Waals surface area contributed by atoms with E-state index in [-0.39, 0.29) is 0 Å². The molecule has 1 saturated carbocycles. The Bertz CT molecular complexity index is 217. The minimum absolute atomic E-state index is 0.349. The first kappa shape index (κ1) is 21.8. The molecular weight excluding hydrogens is 276 g/mol. The molecule has 0 bridgehead atoms. The number of hydrogen-bond donors (Lipinski definition) is 3. The van der Waals surface area contributed by atoms with E-state index in [9.17, 15) is 0 Å². The van der Waals surface area contributed by atoms with Gasteiger partial charge in [0.2, 0.25) is 0 Å². The summed E-state index contributed by atoms with van der Waals surface area (Å²) in [5, 5.41) is 0. The summed E-state index contributed by atoms with van der Waals surface area (Å²) in [7, 11) is 0. The molecule has 0 aromatic rings. The van der Waals surface area contributed by atoms with Crippen LogP contribution in [0.3, 0.4) is 0 Å². The van der Waals surface area contributed by atoms with Gasteiger partial charge in [-0.3, -0.25) is 0 Å². The highest BCUT2D eigenvalue weighted by Gasteiger charge is 2.13. The summed E-state index contributed by atoms with van der Waals surface area (Å²) in [6.07, 6.45) is 9.14. The maximum absolute atomic E-state index is 5.39. The fraction of sp³-hybridized carbons (Fsp3) is 1.00. The molecule has 0 spiro atoms. The van der Waals surface area contributed by atoms with Crippen LogP contribution < -0.4 is 17.2 Å². The lowest BCUT2D eigenvalue weighted by atomic mass is 10.3. The van der Waals surface area contributed by atoms with Crippen LogP contribution in [0, 0.1) is 0 Å². The molecule has 2 fully saturated rings. The van der Waals surface area contributed by atoms with E-state index < -0.39 is 0 Å². The molecule has 22 heavy (non-hydrogen) atoms. The molecule has 5 nitrogen and oxygen atoms in total. The maximum atomic E-state index is 5.39. The van der Waals surface area contributed by atoms with Gasteiger partial charge in [-0.2, -0.15) is 0 Å². The minimum Gasteiger partial charge on any atom is -0.379 e. The van der Waals surface area contributed by atoms with E-state index in [1.807, 2.05) is 13.8 Å². The Kier molecular flexibility index (Phi) is 15.5. The lowest BCUT2D eigenvalue weighted by Crippen LogP contribution is -2.20. The molecule has 0 aromatic carbocycles. The summed E-state index contributed by atoms with van der Waals surface area (Å²) in [5.41, 5.74) is 15.9. The van der Waals surface area contributed by atoms with Gasteiger partial charge >= 0.3 is 0 Å². The van der Waals surface area contributed by atoms with Gasteiger partial charge in [-0.25, -0.2) is 0 Å². The van der Waals surface area contributed by atoms with E-state index in [4.69, 9.17) is 21.9 Å². The molecule has 5 heteroatoms. The fourth-order valence-electron chi connectivity index (χ4n) is 1.98. The second kappa shape index (κ2) is 15.7. The van der Waals surface area contributed by atoms with Gasteiger partial charge in [-0.15, -0.1) is 0 Å². The number of unbranched alkanes of at least 4 members (excludes halogenated alkanes) is 1. The highest BCUT2D eigenvalue weighted by Crippen LogP contribution is 2.13. The van der Waals surface area contributed by atoms with E-state index in [2.05, 4.69) is 4.90 Å². The van der Waals surface area contributed by atoms with Gasteiger partial charge < -0.3 is 26.8 Å². The van der Waals surface area contributed by atoms with Crippen molar-refractivity contribution in [3.8, 4) is 0 Å². The highest BCUT2D eigenvalue weighted by molar-refractivity contribution is 4.75. The van der Waals surface area contributed by atoms with Crippen LogP contribution in [0.2, 0.25) is 0 Å². The average Bonchev–Trinajstić information content (AvgIpc) is 3.09. The number of ether oxygens (including phenoxy) is 1. The van der Waals surface area contributed by atoms with E-state index in [0.717, 1.165) is 26.1 Å². The van der Waals surface area contributed by atoms with Crippen LogP contribution in [0.5, 0.6) is 0 Å². The van der Waals surface area contributed by atoms with Gasteiger partial charge in [-0.1, -0.05) is 0 Å². The minimum atomic E-state index is 0.349. The zero-order chi connectivity index (χ0) is 16.6. The Labute approximate surface area is 137 Å². The molecule has 2 aliphatic rings. The Balaban J connectivity index is 0.000000327. The molecule has 0 radical (unpaired) electrons. The lowest BCUT2D eigenvalue weighted by Gasteiger charge is -2.12. The Morgan fingerprint density at radius 3 is 1.95 bits per heavy atom. The van der Waals surface area contributed by atoms with Crippen molar-refractivity contribution in [1.29, 1.82) is 0 Å². The van der Waals surface area contributed by atoms with Crippen LogP contribution >= 0.6 is 0 Å². The van der Waals surface area contributed by atoms with Crippen LogP contribution in [-0.2, 0) is 4.74 Å². The summed E-state index contributed by atoms with van der Waals surface area (Å²) in [6, 6.07) is 0.583. The molecule has 134 valence electrons. The standard InChI is InChI=1S/C8H18N2.C6H15NO.C3H7N/c9-5-1-2-6-10-7-3-4-8-10;1-6(2)8-5-3-4-7;4-3-1-2-3/h1-9H2;6H,3-5,7H2,1-2H3;3H,1-2,4H2. The van der Waals surface area contributed by atoms with Gasteiger partial charge in [0.1, 0.15) is 0 Å². The van der Waals surface area contributed by atoms with E-state index in [1.165, 1.54) is 58.2 Å². The number of nitrogens with zero attached hydrogens (tertiary/aromatic N) is 1. The Hall–Kier alpha value is -0.200. The third-order valence-electron chi connectivity index (χ3n) is 3.55. The van der Waals surface area contributed by atoms with Crippen molar-refractivity contribution in [2.45, 2.75) is 70.9 Å². The van der Waals surface area contributed by atoms with Crippen LogP contribution in [0.15, 0.2) is 0 Å². The Morgan fingerprint density at radius 1 is 1.00 bits per heavy atom. The lowest BCUT2D eigenvalue weighted by molar-refractivity contribution is 0.0782. The van der Waals surface area contributed by atoms with Gasteiger partial charge in [0.15, 0.2) is 0 Å².